The summed E-state index contributed by atoms with van der Waals surface area (Å²) in [5.41, 5.74) is 0. The molecule has 1 unspecified atom stereocenters. The summed E-state index contributed by atoms with van der Waals surface area (Å²) in [5, 5.41) is 0. The van der Waals surface area contributed by atoms with Crippen molar-refractivity contribution >= 4 is 11.9 Å². The highest BCUT2D eigenvalue weighted by atomic mass is 16.6. The van der Waals surface area contributed by atoms with E-state index in [-0.39, 0.29) is 31.6 Å². The number of esters is 2. The Labute approximate surface area is 394 Å². The molecule has 0 saturated heterocycles. The fraction of sp³-hybridized carbons (Fsp3) is 0.593. The van der Waals surface area contributed by atoms with Crippen LogP contribution in [0.5, 0.6) is 0 Å². The van der Waals surface area contributed by atoms with Crippen LogP contribution >= 0.6 is 0 Å². The molecular weight excluding hydrogens is 789 g/mol. The molecule has 0 radical (unpaired) electrons. The quantitative estimate of drug-likeness (QED) is 0.0346. The zero-order valence-corrected chi connectivity index (χ0v) is 41.2. The van der Waals surface area contributed by atoms with Crippen LogP contribution in [0.3, 0.4) is 0 Å². The van der Waals surface area contributed by atoms with Crippen molar-refractivity contribution in [3.05, 3.63) is 134 Å². The molecule has 0 saturated carbocycles. The second kappa shape index (κ2) is 53.4. The summed E-state index contributed by atoms with van der Waals surface area (Å²) in [5.74, 6) is -0.594. The van der Waals surface area contributed by atoms with Gasteiger partial charge in [0.2, 0.25) is 0 Å². The summed E-state index contributed by atoms with van der Waals surface area (Å²) in [6.45, 7) is 7.41. The SMILES string of the molecule is CC/C=C\C/C=C\C/C=C\C/C=C\C/C=C\CCCCCC(=O)OCC(COCCCCCCCC/C=C\CCCCCC)OC(=O)C/C=C\C/C=C\C/C=C\C/C=C\C/C=C\CC. The van der Waals surface area contributed by atoms with Gasteiger partial charge in [-0.15, -0.1) is 0 Å². The van der Waals surface area contributed by atoms with E-state index >= 15 is 0 Å². The van der Waals surface area contributed by atoms with Crippen molar-refractivity contribution in [2.45, 2.75) is 207 Å². The van der Waals surface area contributed by atoms with E-state index in [0.717, 1.165) is 103 Å². The zero-order valence-electron chi connectivity index (χ0n) is 41.2. The van der Waals surface area contributed by atoms with Gasteiger partial charge in [-0.2, -0.15) is 0 Å². The predicted molar refractivity (Wildman–Crippen MR) is 278 cm³/mol. The molecule has 1 atom stereocenters. The molecule has 0 N–H and O–H groups in total. The molecular formula is C59H94O5. The first-order chi connectivity index (χ1) is 31.6. The lowest BCUT2D eigenvalue weighted by Gasteiger charge is -2.18. The first kappa shape index (κ1) is 60.0. The molecule has 64 heavy (non-hydrogen) atoms. The van der Waals surface area contributed by atoms with Crippen LogP contribution in [-0.2, 0) is 23.8 Å². The topological polar surface area (TPSA) is 61.8 Å². The summed E-state index contributed by atoms with van der Waals surface area (Å²) in [6.07, 6.45) is 76.3. The van der Waals surface area contributed by atoms with Gasteiger partial charge in [-0.25, -0.2) is 0 Å². The van der Waals surface area contributed by atoms with Gasteiger partial charge in [-0.1, -0.05) is 206 Å². The third kappa shape index (κ3) is 50.7. The Kier molecular flexibility index (Phi) is 50.1. The summed E-state index contributed by atoms with van der Waals surface area (Å²) in [4.78, 5) is 25.3. The third-order valence-electron chi connectivity index (χ3n) is 10.2. The molecule has 0 aliphatic heterocycles. The Morgan fingerprint density at radius 2 is 0.750 bits per heavy atom. The number of rotatable bonds is 45. The molecule has 0 spiro atoms. The fourth-order valence-electron chi connectivity index (χ4n) is 6.43. The first-order valence-electron chi connectivity index (χ1n) is 25.7. The van der Waals surface area contributed by atoms with Gasteiger partial charge in [-0.3, -0.25) is 9.59 Å². The molecule has 0 amide bonds. The second-order valence-corrected chi connectivity index (χ2v) is 16.3. The van der Waals surface area contributed by atoms with E-state index in [9.17, 15) is 9.59 Å². The number of carbonyl (C=O) groups is 2. The molecule has 5 heteroatoms. The minimum Gasteiger partial charge on any atom is -0.462 e. The number of hydrogen-bond acceptors (Lipinski definition) is 5. The lowest BCUT2D eigenvalue weighted by atomic mass is 10.1. The van der Waals surface area contributed by atoms with E-state index in [4.69, 9.17) is 14.2 Å². The molecule has 0 bridgehead atoms. The van der Waals surface area contributed by atoms with Crippen molar-refractivity contribution in [3.63, 3.8) is 0 Å². The van der Waals surface area contributed by atoms with Crippen LogP contribution in [0.25, 0.3) is 0 Å². The van der Waals surface area contributed by atoms with Crippen LogP contribution in [0.15, 0.2) is 134 Å². The Hall–Kier alpha value is -3.96. The van der Waals surface area contributed by atoms with Gasteiger partial charge in [-0.05, 0) is 116 Å². The lowest BCUT2D eigenvalue weighted by Crippen LogP contribution is -2.29. The predicted octanol–water partition coefficient (Wildman–Crippen LogP) is 17.6. The van der Waals surface area contributed by atoms with Crippen LogP contribution in [-0.4, -0.2) is 37.9 Å². The van der Waals surface area contributed by atoms with Crippen molar-refractivity contribution in [2.24, 2.45) is 0 Å². The van der Waals surface area contributed by atoms with E-state index in [0.29, 0.717) is 13.0 Å². The Balaban J connectivity index is 4.48. The zero-order chi connectivity index (χ0) is 46.3. The van der Waals surface area contributed by atoms with Gasteiger partial charge in [0.25, 0.3) is 0 Å². The van der Waals surface area contributed by atoms with Gasteiger partial charge in [0, 0.05) is 13.0 Å². The molecule has 360 valence electrons. The van der Waals surface area contributed by atoms with Crippen LogP contribution in [0.2, 0.25) is 0 Å². The highest BCUT2D eigenvalue weighted by Gasteiger charge is 2.17. The maximum absolute atomic E-state index is 12.7. The summed E-state index contributed by atoms with van der Waals surface area (Å²) < 4.78 is 17.3. The summed E-state index contributed by atoms with van der Waals surface area (Å²) in [7, 11) is 0. The van der Waals surface area contributed by atoms with Gasteiger partial charge >= 0.3 is 11.9 Å². The van der Waals surface area contributed by atoms with E-state index in [1.165, 1.54) is 64.2 Å². The molecule has 0 aromatic rings. The number of carbonyl (C=O) groups excluding carboxylic acids is 2. The molecule has 0 aromatic carbocycles. The minimum absolute atomic E-state index is 0.0173. The molecule has 0 heterocycles. The average molecular weight is 883 g/mol. The van der Waals surface area contributed by atoms with E-state index in [1.807, 2.05) is 12.2 Å². The highest BCUT2D eigenvalue weighted by Crippen LogP contribution is 2.11. The molecule has 0 aromatic heterocycles. The number of hydrogen-bond donors (Lipinski definition) is 0. The fourth-order valence-corrected chi connectivity index (χ4v) is 6.43. The van der Waals surface area contributed by atoms with Crippen molar-refractivity contribution in [2.75, 3.05) is 19.8 Å². The number of ether oxygens (including phenoxy) is 3. The van der Waals surface area contributed by atoms with Crippen molar-refractivity contribution < 1.29 is 23.8 Å². The Morgan fingerprint density at radius 3 is 1.22 bits per heavy atom. The average Bonchev–Trinajstić information content (AvgIpc) is 3.30. The van der Waals surface area contributed by atoms with E-state index in [2.05, 4.69) is 142 Å². The molecule has 0 aliphatic rings. The minimum atomic E-state index is -0.616. The van der Waals surface area contributed by atoms with Crippen LogP contribution in [0.4, 0.5) is 0 Å². The maximum atomic E-state index is 12.7. The lowest BCUT2D eigenvalue weighted by molar-refractivity contribution is -0.162. The van der Waals surface area contributed by atoms with Crippen molar-refractivity contribution in [3.8, 4) is 0 Å². The summed E-state index contributed by atoms with van der Waals surface area (Å²) >= 11 is 0. The first-order valence-corrected chi connectivity index (χ1v) is 25.7. The Morgan fingerprint density at radius 1 is 0.375 bits per heavy atom. The van der Waals surface area contributed by atoms with Crippen LogP contribution < -0.4 is 0 Å². The van der Waals surface area contributed by atoms with Crippen molar-refractivity contribution in [1.82, 2.24) is 0 Å². The monoisotopic (exact) mass is 883 g/mol. The van der Waals surface area contributed by atoms with Crippen LogP contribution in [0.1, 0.15) is 201 Å². The molecule has 0 fully saturated rings. The third-order valence-corrected chi connectivity index (χ3v) is 10.2. The normalized spacial score (nSPS) is 13.4. The largest absolute Gasteiger partial charge is 0.462 e. The van der Waals surface area contributed by atoms with Gasteiger partial charge in [0.15, 0.2) is 6.10 Å². The van der Waals surface area contributed by atoms with Crippen LogP contribution in [0, 0.1) is 0 Å². The summed E-state index contributed by atoms with van der Waals surface area (Å²) in [6, 6.07) is 0. The van der Waals surface area contributed by atoms with Crippen molar-refractivity contribution in [1.29, 1.82) is 0 Å². The second-order valence-electron chi connectivity index (χ2n) is 16.3. The number of allylic oxidation sites excluding steroid dienone is 21. The molecule has 5 nitrogen and oxygen atoms in total. The Bertz CT molecular complexity index is 1370. The van der Waals surface area contributed by atoms with E-state index in [1.54, 1.807) is 0 Å². The van der Waals surface area contributed by atoms with Gasteiger partial charge in [0.1, 0.15) is 6.61 Å². The maximum Gasteiger partial charge on any atom is 0.310 e. The smallest absolute Gasteiger partial charge is 0.310 e. The molecule has 0 aliphatic carbocycles. The van der Waals surface area contributed by atoms with Gasteiger partial charge in [0.05, 0.1) is 13.0 Å². The highest BCUT2D eigenvalue weighted by molar-refractivity contribution is 5.71. The molecule has 0 rings (SSSR count). The van der Waals surface area contributed by atoms with E-state index < -0.39 is 6.10 Å². The van der Waals surface area contributed by atoms with Gasteiger partial charge < -0.3 is 14.2 Å². The standard InChI is InChI=1S/C59H94O5/c1-4-7-10-13-16-19-22-25-28-29-30-31-33-34-37-40-43-46-49-52-58(60)63-56-57(55-62-54-51-48-45-42-39-36-27-24-21-18-15-12-9-6-3)64-59(61)53-50-47-44-41-38-35-32-26-23-20-17-14-11-8-5-2/h7-8,10-11,16-17,19-21,24-26,28,30-32,34,37-38,41,47,50,57H,4-6,9,12-15,18,22-23,27,29,33,35-36,39-40,42-46,48-49,51-56H2,1-3H3/b10-7-,11-8-,19-16-,20-17-,24-21-,28-25-,31-30-,32-26-,37-34-,41-38-,50-47-. The number of unbranched alkanes of at least 4 members (excludes halogenated alkanes) is 13.